The number of likely N-dealkylation sites (tertiary alicyclic amines) is 1. The van der Waals surface area contributed by atoms with E-state index in [1.165, 1.54) is 12.8 Å². The highest BCUT2D eigenvalue weighted by Crippen LogP contribution is 2.16. The lowest BCUT2D eigenvalue weighted by molar-refractivity contribution is -0.137. The Kier molecular flexibility index (Phi) is 7.21. The molecule has 1 saturated heterocycles. The van der Waals surface area contributed by atoms with E-state index in [0.717, 1.165) is 25.9 Å². The number of carbonyl (C=O) groups excluding carboxylic acids is 2. The number of carboxylic acid groups (broad SMARTS) is 1. The lowest BCUT2D eigenvalue weighted by Gasteiger charge is -2.25. The highest BCUT2D eigenvalue weighted by atomic mass is 16.4. The number of nitrogens with zero attached hydrogens (tertiary/aromatic N) is 1. The summed E-state index contributed by atoms with van der Waals surface area (Å²) in [7, 11) is 0. The lowest BCUT2D eigenvalue weighted by Crippen LogP contribution is -2.45. The Morgan fingerprint density at radius 2 is 1.63 bits per heavy atom. The van der Waals surface area contributed by atoms with Gasteiger partial charge in [-0.05, 0) is 57.4 Å². The molecular weight excluding hydrogens is 346 g/mol. The fourth-order valence-corrected chi connectivity index (χ4v) is 3.10. The molecule has 3 N–H and O–H groups in total. The summed E-state index contributed by atoms with van der Waals surface area (Å²) in [5, 5.41) is 14.3. The largest absolute Gasteiger partial charge is 0.481 e. The van der Waals surface area contributed by atoms with Crippen LogP contribution < -0.4 is 10.6 Å². The van der Waals surface area contributed by atoms with Gasteiger partial charge in [0.05, 0.1) is 0 Å². The second-order valence-corrected chi connectivity index (χ2v) is 7.64. The molecule has 0 atom stereocenters. The van der Waals surface area contributed by atoms with Crippen LogP contribution in [0.5, 0.6) is 0 Å². The normalized spacial score (nSPS) is 15.0. The number of rotatable bonds is 6. The average molecular weight is 375 g/mol. The third-order valence-electron chi connectivity index (χ3n) is 4.70. The Balaban J connectivity index is 1.89. The minimum Gasteiger partial charge on any atom is -0.481 e. The minimum atomic E-state index is -0.894. The van der Waals surface area contributed by atoms with Crippen molar-refractivity contribution in [3.63, 3.8) is 0 Å². The predicted octanol–water partition coefficient (Wildman–Crippen LogP) is 3.47. The molecule has 0 unspecified atom stereocenters. The number of anilines is 1. The predicted molar refractivity (Wildman–Crippen MR) is 104 cm³/mol. The van der Waals surface area contributed by atoms with Gasteiger partial charge in [0, 0.05) is 36.3 Å². The van der Waals surface area contributed by atoms with E-state index in [1.807, 2.05) is 4.90 Å². The smallest absolute Gasteiger partial charge is 0.319 e. The summed E-state index contributed by atoms with van der Waals surface area (Å²) < 4.78 is 0. The van der Waals surface area contributed by atoms with Crippen molar-refractivity contribution in [2.45, 2.75) is 57.9 Å². The second kappa shape index (κ2) is 9.39. The van der Waals surface area contributed by atoms with Crippen molar-refractivity contribution in [2.24, 2.45) is 0 Å². The first kappa shape index (κ1) is 20.7. The fraction of sp³-hybridized carbons (Fsp3) is 0.550. The summed E-state index contributed by atoms with van der Waals surface area (Å²) in [6.45, 7) is 5.15. The van der Waals surface area contributed by atoms with Crippen LogP contribution in [0.3, 0.4) is 0 Å². The molecule has 2 rings (SSSR count). The molecule has 7 heteroatoms. The van der Waals surface area contributed by atoms with E-state index >= 15 is 0 Å². The van der Waals surface area contributed by atoms with Gasteiger partial charge >= 0.3 is 12.0 Å². The molecule has 0 aliphatic carbocycles. The Morgan fingerprint density at radius 1 is 1.04 bits per heavy atom. The number of urea groups is 1. The average Bonchev–Trinajstić information content (AvgIpc) is 2.89. The van der Waals surface area contributed by atoms with Crippen LogP contribution in [0.4, 0.5) is 10.5 Å². The van der Waals surface area contributed by atoms with Crippen molar-refractivity contribution in [3.05, 3.63) is 29.8 Å². The van der Waals surface area contributed by atoms with Crippen LogP contribution in [0.15, 0.2) is 24.3 Å². The van der Waals surface area contributed by atoms with Crippen molar-refractivity contribution in [3.8, 4) is 0 Å². The van der Waals surface area contributed by atoms with Crippen LogP contribution >= 0.6 is 0 Å². The summed E-state index contributed by atoms with van der Waals surface area (Å²) >= 11 is 0. The Hall–Kier alpha value is -2.57. The number of carboxylic acids is 1. The zero-order chi connectivity index (χ0) is 19.9. The molecule has 27 heavy (non-hydrogen) atoms. The molecule has 7 nitrogen and oxygen atoms in total. The quantitative estimate of drug-likeness (QED) is 0.709. The standard InChI is InChI=1S/C20H29N3O4/c1-20(2,12-11-17(24)25)22-19(27)21-16-9-7-15(8-10-16)18(26)23-13-5-3-4-6-14-23/h7-10H,3-6,11-14H2,1-2H3,(H,24,25)(H2,21,22,27). The number of aliphatic carboxylic acids is 1. The fourth-order valence-electron chi connectivity index (χ4n) is 3.10. The van der Waals surface area contributed by atoms with Gasteiger partial charge in [0.25, 0.3) is 5.91 Å². The van der Waals surface area contributed by atoms with E-state index in [4.69, 9.17) is 5.11 Å². The second-order valence-electron chi connectivity index (χ2n) is 7.64. The van der Waals surface area contributed by atoms with Crippen molar-refractivity contribution in [1.82, 2.24) is 10.2 Å². The lowest BCUT2D eigenvalue weighted by atomic mass is 9.99. The van der Waals surface area contributed by atoms with Gasteiger partial charge in [-0.2, -0.15) is 0 Å². The molecule has 0 spiro atoms. The molecule has 0 radical (unpaired) electrons. The number of carbonyl (C=O) groups is 3. The van der Waals surface area contributed by atoms with E-state index in [0.29, 0.717) is 17.7 Å². The third-order valence-corrected chi connectivity index (χ3v) is 4.70. The van der Waals surface area contributed by atoms with Gasteiger partial charge in [-0.1, -0.05) is 12.8 Å². The molecule has 3 amide bonds. The van der Waals surface area contributed by atoms with E-state index in [9.17, 15) is 14.4 Å². The van der Waals surface area contributed by atoms with Crippen LogP contribution in [0.25, 0.3) is 0 Å². The van der Waals surface area contributed by atoms with Crippen molar-refractivity contribution >= 4 is 23.6 Å². The first-order chi connectivity index (χ1) is 12.8. The molecule has 0 aromatic heterocycles. The zero-order valence-corrected chi connectivity index (χ0v) is 16.1. The molecule has 1 aromatic carbocycles. The first-order valence-corrected chi connectivity index (χ1v) is 9.47. The van der Waals surface area contributed by atoms with Crippen LogP contribution in [0, 0.1) is 0 Å². The van der Waals surface area contributed by atoms with Crippen LogP contribution in [-0.2, 0) is 4.79 Å². The summed E-state index contributed by atoms with van der Waals surface area (Å²) in [5.41, 5.74) is 0.559. The molecule has 0 bridgehead atoms. The van der Waals surface area contributed by atoms with Gasteiger partial charge < -0.3 is 20.6 Å². The van der Waals surface area contributed by atoms with Gasteiger partial charge in [0.15, 0.2) is 0 Å². The molecule has 1 heterocycles. The molecule has 1 aliphatic rings. The molecule has 1 aliphatic heterocycles. The topological polar surface area (TPSA) is 98.7 Å². The van der Waals surface area contributed by atoms with Crippen LogP contribution in [0.2, 0.25) is 0 Å². The molecule has 1 fully saturated rings. The van der Waals surface area contributed by atoms with E-state index in [1.54, 1.807) is 38.1 Å². The maximum Gasteiger partial charge on any atom is 0.319 e. The molecule has 148 valence electrons. The molecular formula is C20H29N3O4. The molecule has 1 aromatic rings. The van der Waals surface area contributed by atoms with E-state index < -0.39 is 17.5 Å². The van der Waals surface area contributed by atoms with E-state index in [2.05, 4.69) is 10.6 Å². The number of benzene rings is 1. The summed E-state index contributed by atoms with van der Waals surface area (Å²) in [6, 6.07) is 6.44. The Bertz CT molecular complexity index is 662. The number of hydrogen-bond donors (Lipinski definition) is 3. The first-order valence-electron chi connectivity index (χ1n) is 9.47. The maximum absolute atomic E-state index is 12.6. The van der Waals surface area contributed by atoms with Crippen molar-refractivity contribution in [2.75, 3.05) is 18.4 Å². The Labute approximate surface area is 160 Å². The monoisotopic (exact) mass is 375 g/mol. The highest BCUT2D eigenvalue weighted by molar-refractivity contribution is 5.95. The minimum absolute atomic E-state index is 0.0133. The van der Waals surface area contributed by atoms with E-state index in [-0.39, 0.29) is 12.3 Å². The van der Waals surface area contributed by atoms with Crippen LogP contribution in [-0.4, -0.2) is 46.5 Å². The van der Waals surface area contributed by atoms with Crippen molar-refractivity contribution < 1.29 is 19.5 Å². The van der Waals surface area contributed by atoms with Gasteiger partial charge in [-0.25, -0.2) is 4.79 Å². The summed E-state index contributed by atoms with van der Waals surface area (Å²) in [6.07, 6.45) is 4.75. The number of amides is 3. The number of hydrogen-bond acceptors (Lipinski definition) is 3. The van der Waals surface area contributed by atoms with Gasteiger partial charge in [0.2, 0.25) is 0 Å². The summed E-state index contributed by atoms with van der Waals surface area (Å²) in [4.78, 5) is 37.3. The SMILES string of the molecule is CC(C)(CCC(=O)O)NC(=O)Nc1ccc(C(=O)N2CCCCCC2)cc1. The van der Waals surface area contributed by atoms with Gasteiger partial charge in [0.1, 0.15) is 0 Å². The van der Waals surface area contributed by atoms with Crippen molar-refractivity contribution in [1.29, 1.82) is 0 Å². The van der Waals surface area contributed by atoms with Gasteiger partial charge in [-0.3, -0.25) is 9.59 Å². The van der Waals surface area contributed by atoms with Gasteiger partial charge in [-0.15, -0.1) is 0 Å². The maximum atomic E-state index is 12.6. The zero-order valence-electron chi connectivity index (χ0n) is 16.1. The Morgan fingerprint density at radius 3 is 2.19 bits per heavy atom. The van der Waals surface area contributed by atoms with Crippen LogP contribution in [0.1, 0.15) is 62.7 Å². The third kappa shape index (κ3) is 6.92. The highest BCUT2D eigenvalue weighted by Gasteiger charge is 2.22. The summed E-state index contributed by atoms with van der Waals surface area (Å²) in [5.74, 6) is -0.863. The molecule has 0 saturated carbocycles. The number of nitrogens with one attached hydrogen (secondary N) is 2.